The van der Waals surface area contributed by atoms with Gasteiger partial charge in [0.05, 0.1) is 13.7 Å². The molecule has 6 heteroatoms. The van der Waals surface area contributed by atoms with E-state index in [2.05, 4.69) is 4.74 Å². The molecule has 0 saturated heterocycles. The number of carbonyl (C=O) groups is 2. The molecule has 0 radical (unpaired) electrons. The summed E-state index contributed by atoms with van der Waals surface area (Å²) in [6, 6.07) is 7.04. The van der Waals surface area contributed by atoms with Gasteiger partial charge in [0, 0.05) is 7.05 Å². The first kappa shape index (κ1) is 16.8. The van der Waals surface area contributed by atoms with E-state index >= 15 is 0 Å². The fraction of sp³-hybridized carbons (Fsp3) is 0.467. The maximum Gasteiger partial charge on any atom is 0.325 e. The summed E-state index contributed by atoms with van der Waals surface area (Å²) in [4.78, 5) is 24.1. The first-order chi connectivity index (χ1) is 10.1. The van der Waals surface area contributed by atoms with Crippen LogP contribution in [-0.2, 0) is 14.3 Å². The van der Waals surface area contributed by atoms with Crippen molar-refractivity contribution in [2.24, 2.45) is 0 Å². The Morgan fingerprint density at radius 1 is 1.10 bits per heavy atom. The van der Waals surface area contributed by atoms with Crippen LogP contribution in [0, 0.1) is 0 Å². The third-order valence-electron chi connectivity index (χ3n) is 2.68. The van der Waals surface area contributed by atoms with Gasteiger partial charge in [-0.25, -0.2) is 0 Å². The van der Waals surface area contributed by atoms with Crippen molar-refractivity contribution >= 4 is 11.9 Å². The van der Waals surface area contributed by atoms with Gasteiger partial charge in [-0.3, -0.25) is 9.59 Å². The van der Waals surface area contributed by atoms with Crippen LogP contribution in [0.5, 0.6) is 11.5 Å². The first-order valence-corrected chi connectivity index (χ1v) is 6.73. The van der Waals surface area contributed by atoms with E-state index in [1.807, 2.05) is 6.92 Å². The highest BCUT2D eigenvalue weighted by Crippen LogP contribution is 2.17. The molecular weight excluding hydrogens is 274 g/mol. The maximum absolute atomic E-state index is 11.7. The molecule has 0 aliphatic rings. The lowest BCUT2D eigenvalue weighted by molar-refractivity contribution is -0.146. The summed E-state index contributed by atoms with van der Waals surface area (Å²) in [5.41, 5.74) is 0. The Balaban J connectivity index is 2.40. The van der Waals surface area contributed by atoms with Crippen molar-refractivity contribution in [3.8, 4) is 11.5 Å². The van der Waals surface area contributed by atoms with Gasteiger partial charge >= 0.3 is 5.97 Å². The van der Waals surface area contributed by atoms with Crippen molar-refractivity contribution in [3.63, 3.8) is 0 Å². The van der Waals surface area contributed by atoms with E-state index in [9.17, 15) is 9.59 Å². The predicted octanol–water partition coefficient (Wildman–Crippen LogP) is 1.49. The second-order valence-corrected chi connectivity index (χ2v) is 4.43. The summed E-state index contributed by atoms with van der Waals surface area (Å²) in [5, 5.41) is 0. The largest absolute Gasteiger partial charge is 0.494 e. The highest BCUT2D eigenvalue weighted by molar-refractivity contribution is 5.82. The Morgan fingerprint density at radius 2 is 1.67 bits per heavy atom. The summed E-state index contributed by atoms with van der Waals surface area (Å²) in [6.07, 6.45) is 0.944. The molecular formula is C15H21NO5. The molecule has 0 atom stereocenters. The Hall–Kier alpha value is -2.24. The number of carbonyl (C=O) groups excluding carboxylic acids is 2. The Bertz CT molecular complexity index is 458. The number of benzene rings is 1. The molecule has 0 unspecified atom stereocenters. The molecule has 1 aromatic rings. The summed E-state index contributed by atoms with van der Waals surface area (Å²) in [6.45, 7) is 2.47. The minimum atomic E-state index is -0.469. The van der Waals surface area contributed by atoms with E-state index in [0.717, 1.165) is 12.2 Å². The van der Waals surface area contributed by atoms with Crippen LogP contribution < -0.4 is 9.47 Å². The van der Waals surface area contributed by atoms with Gasteiger partial charge in [0.15, 0.2) is 6.61 Å². The highest BCUT2D eigenvalue weighted by Gasteiger charge is 2.13. The molecule has 21 heavy (non-hydrogen) atoms. The number of methoxy groups -OCH3 is 1. The second kappa shape index (κ2) is 8.84. The van der Waals surface area contributed by atoms with Crippen molar-refractivity contribution in [1.29, 1.82) is 0 Å². The van der Waals surface area contributed by atoms with Crippen LogP contribution >= 0.6 is 0 Å². The number of nitrogens with zero attached hydrogens (tertiary/aromatic N) is 1. The Labute approximate surface area is 124 Å². The smallest absolute Gasteiger partial charge is 0.325 e. The number of ether oxygens (including phenoxy) is 3. The van der Waals surface area contributed by atoms with E-state index in [-0.39, 0.29) is 19.1 Å². The predicted molar refractivity (Wildman–Crippen MR) is 77.4 cm³/mol. The van der Waals surface area contributed by atoms with Crippen molar-refractivity contribution in [1.82, 2.24) is 4.90 Å². The van der Waals surface area contributed by atoms with E-state index in [4.69, 9.17) is 9.47 Å². The van der Waals surface area contributed by atoms with E-state index in [0.29, 0.717) is 12.4 Å². The monoisotopic (exact) mass is 295 g/mol. The van der Waals surface area contributed by atoms with Crippen LogP contribution in [0.25, 0.3) is 0 Å². The standard InChI is InChI=1S/C15H21NO5/c1-4-9-20-12-5-7-13(8-6-12)21-11-14(17)16(2)10-15(18)19-3/h5-8H,4,9-11H2,1-3H3. The molecule has 0 spiro atoms. The third-order valence-corrected chi connectivity index (χ3v) is 2.68. The van der Waals surface area contributed by atoms with Gasteiger partial charge in [-0.1, -0.05) is 6.92 Å². The Morgan fingerprint density at radius 3 is 2.19 bits per heavy atom. The summed E-state index contributed by atoms with van der Waals surface area (Å²) in [5.74, 6) is 0.562. The average molecular weight is 295 g/mol. The molecule has 0 saturated carbocycles. The molecule has 0 aromatic heterocycles. The number of esters is 1. The third kappa shape index (κ3) is 6.16. The van der Waals surface area contributed by atoms with Gasteiger partial charge in [-0.2, -0.15) is 0 Å². The SMILES string of the molecule is CCCOc1ccc(OCC(=O)N(C)CC(=O)OC)cc1. The minimum Gasteiger partial charge on any atom is -0.494 e. The van der Waals surface area contributed by atoms with Gasteiger partial charge in [0.1, 0.15) is 18.0 Å². The molecule has 0 aliphatic heterocycles. The normalized spacial score (nSPS) is 9.86. The quantitative estimate of drug-likeness (QED) is 0.680. The molecule has 1 rings (SSSR count). The summed E-state index contributed by atoms with van der Waals surface area (Å²) >= 11 is 0. The lowest BCUT2D eigenvalue weighted by Gasteiger charge is -2.16. The van der Waals surface area contributed by atoms with Crippen LogP contribution in [0.15, 0.2) is 24.3 Å². The number of amides is 1. The maximum atomic E-state index is 11.7. The lowest BCUT2D eigenvalue weighted by Crippen LogP contribution is -2.35. The van der Waals surface area contributed by atoms with Crippen molar-refractivity contribution in [3.05, 3.63) is 24.3 Å². The van der Waals surface area contributed by atoms with E-state index in [1.165, 1.54) is 19.1 Å². The zero-order chi connectivity index (χ0) is 15.7. The van der Waals surface area contributed by atoms with Gasteiger partial charge < -0.3 is 19.1 Å². The molecule has 0 aliphatic carbocycles. The highest BCUT2D eigenvalue weighted by atomic mass is 16.5. The van der Waals surface area contributed by atoms with Gasteiger partial charge in [-0.15, -0.1) is 0 Å². The zero-order valence-corrected chi connectivity index (χ0v) is 12.6. The van der Waals surface area contributed by atoms with Crippen molar-refractivity contribution < 1.29 is 23.8 Å². The van der Waals surface area contributed by atoms with Crippen LogP contribution in [0.4, 0.5) is 0 Å². The first-order valence-electron chi connectivity index (χ1n) is 6.73. The summed E-state index contributed by atoms with van der Waals surface area (Å²) < 4.78 is 15.3. The van der Waals surface area contributed by atoms with Crippen molar-refractivity contribution in [2.75, 3.05) is 33.9 Å². The van der Waals surface area contributed by atoms with Crippen LogP contribution in [0.1, 0.15) is 13.3 Å². The van der Waals surface area contributed by atoms with E-state index in [1.54, 1.807) is 24.3 Å². The van der Waals surface area contributed by atoms with Gasteiger partial charge in [0.25, 0.3) is 5.91 Å². The number of hydrogen-bond donors (Lipinski definition) is 0. The lowest BCUT2D eigenvalue weighted by atomic mass is 10.3. The molecule has 0 heterocycles. The second-order valence-electron chi connectivity index (χ2n) is 4.43. The molecule has 0 bridgehead atoms. The van der Waals surface area contributed by atoms with Gasteiger partial charge in [-0.05, 0) is 30.7 Å². The molecule has 116 valence electrons. The molecule has 1 amide bonds. The molecule has 1 aromatic carbocycles. The molecule has 0 N–H and O–H groups in total. The fourth-order valence-corrected chi connectivity index (χ4v) is 1.45. The van der Waals surface area contributed by atoms with Crippen LogP contribution in [0.3, 0.4) is 0 Å². The number of hydrogen-bond acceptors (Lipinski definition) is 5. The van der Waals surface area contributed by atoms with Crippen molar-refractivity contribution in [2.45, 2.75) is 13.3 Å². The average Bonchev–Trinajstić information content (AvgIpc) is 2.51. The molecule has 6 nitrogen and oxygen atoms in total. The topological polar surface area (TPSA) is 65.1 Å². The molecule has 0 fully saturated rings. The summed E-state index contributed by atoms with van der Waals surface area (Å²) in [7, 11) is 2.80. The van der Waals surface area contributed by atoms with Gasteiger partial charge in [0.2, 0.25) is 0 Å². The Kier molecular flexibility index (Phi) is 7.08. The zero-order valence-electron chi connectivity index (χ0n) is 12.6. The fourth-order valence-electron chi connectivity index (χ4n) is 1.45. The minimum absolute atomic E-state index is 0.0948. The van der Waals surface area contributed by atoms with Crippen LogP contribution in [0.2, 0.25) is 0 Å². The number of likely N-dealkylation sites (N-methyl/N-ethyl adjacent to an activating group) is 1. The van der Waals surface area contributed by atoms with E-state index < -0.39 is 5.97 Å². The van der Waals surface area contributed by atoms with Crippen LogP contribution in [-0.4, -0.2) is 50.7 Å². The number of rotatable bonds is 8.